The van der Waals surface area contributed by atoms with Crippen LogP contribution < -0.4 is 5.56 Å². The molecule has 0 fully saturated rings. The minimum Gasteiger partial charge on any atom is -0.492 e. The zero-order chi connectivity index (χ0) is 11.7. The predicted octanol–water partition coefficient (Wildman–Crippen LogP) is 1.80. The third kappa shape index (κ3) is 2.17. The molecule has 0 amide bonds. The number of nitrogens with zero attached hydrogens (tertiary/aromatic N) is 2. The van der Waals surface area contributed by atoms with Crippen LogP contribution in [0.2, 0.25) is 5.02 Å². The van der Waals surface area contributed by atoms with E-state index in [1.54, 1.807) is 34.7 Å². The lowest BCUT2D eigenvalue weighted by Gasteiger charge is -2.01. The molecule has 0 radical (unpaired) electrons. The molecule has 0 aliphatic rings. The third-order valence-electron chi connectivity index (χ3n) is 1.82. The second kappa shape index (κ2) is 4.38. The lowest BCUT2D eigenvalue weighted by Crippen LogP contribution is -2.12. The zero-order valence-corrected chi connectivity index (χ0v) is 10.7. The quantitative estimate of drug-likeness (QED) is 0.770. The Hall–Kier alpha value is -1.15. The van der Waals surface area contributed by atoms with Crippen molar-refractivity contribution in [2.24, 2.45) is 0 Å². The summed E-state index contributed by atoms with van der Waals surface area (Å²) in [5, 5.41) is 9.89. The number of nitrogens with one attached hydrogen (secondary N) is 1. The SMILES string of the molecule is O=c1[nH]c(-c2ccc(Cl)cn2)nc(O)c1I. The van der Waals surface area contributed by atoms with Crippen LogP contribution in [0, 0.1) is 3.57 Å². The summed E-state index contributed by atoms with van der Waals surface area (Å²) in [5.74, 6) is -0.101. The van der Waals surface area contributed by atoms with E-state index in [0.29, 0.717) is 10.7 Å². The van der Waals surface area contributed by atoms with Gasteiger partial charge in [0.05, 0.1) is 5.02 Å². The first-order valence-corrected chi connectivity index (χ1v) is 5.64. The molecule has 0 aliphatic carbocycles. The van der Waals surface area contributed by atoms with Gasteiger partial charge in [-0.15, -0.1) is 0 Å². The fraction of sp³-hybridized carbons (Fsp3) is 0. The van der Waals surface area contributed by atoms with Crippen molar-refractivity contribution in [1.82, 2.24) is 15.0 Å². The first kappa shape index (κ1) is 11.3. The average Bonchev–Trinajstić information content (AvgIpc) is 2.26. The van der Waals surface area contributed by atoms with Crippen molar-refractivity contribution in [3.63, 3.8) is 0 Å². The summed E-state index contributed by atoms with van der Waals surface area (Å²) < 4.78 is 0.148. The van der Waals surface area contributed by atoms with Crippen molar-refractivity contribution in [3.05, 3.63) is 37.3 Å². The molecule has 16 heavy (non-hydrogen) atoms. The number of aromatic nitrogens is 3. The number of rotatable bonds is 1. The van der Waals surface area contributed by atoms with Gasteiger partial charge >= 0.3 is 0 Å². The first-order chi connectivity index (χ1) is 7.58. The first-order valence-electron chi connectivity index (χ1n) is 4.18. The molecule has 0 spiro atoms. The average molecular weight is 350 g/mol. The van der Waals surface area contributed by atoms with Gasteiger partial charge in [0.2, 0.25) is 5.88 Å². The molecule has 5 nitrogen and oxygen atoms in total. The fourth-order valence-corrected chi connectivity index (χ4v) is 1.45. The van der Waals surface area contributed by atoms with Gasteiger partial charge in [0.1, 0.15) is 9.26 Å². The minimum atomic E-state index is -0.403. The molecule has 2 heterocycles. The van der Waals surface area contributed by atoms with E-state index in [0.717, 1.165) is 0 Å². The Bertz CT molecular complexity index is 582. The van der Waals surface area contributed by atoms with Crippen LogP contribution in [0.3, 0.4) is 0 Å². The van der Waals surface area contributed by atoms with Crippen LogP contribution >= 0.6 is 34.2 Å². The summed E-state index contributed by atoms with van der Waals surface area (Å²) in [5.41, 5.74) is 0.0352. The molecule has 2 rings (SSSR count). The number of hydrogen-bond acceptors (Lipinski definition) is 4. The summed E-state index contributed by atoms with van der Waals surface area (Å²) in [4.78, 5) is 21.7. The molecule has 7 heteroatoms. The standard InChI is InChI=1S/C9H5ClIN3O2/c10-4-1-2-5(12-3-4)7-13-8(15)6(11)9(16)14-7/h1-3H,(H2,13,14,15,16). The molecule has 0 unspecified atom stereocenters. The fourth-order valence-electron chi connectivity index (χ4n) is 1.08. The van der Waals surface area contributed by atoms with Crippen LogP contribution in [0.15, 0.2) is 23.1 Å². The summed E-state index contributed by atoms with van der Waals surface area (Å²) in [7, 11) is 0. The van der Waals surface area contributed by atoms with Crippen LogP contribution in [0.25, 0.3) is 11.5 Å². The highest BCUT2D eigenvalue weighted by atomic mass is 127. The largest absolute Gasteiger partial charge is 0.492 e. The molecule has 0 bridgehead atoms. The van der Waals surface area contributed by atoms with Gasteiger partial charge in [-0.25, -0.2) is 0 Å². The summed E-state index contributed by atoms with van der Waals surface area (Å²) in [6.45, 7) is 0. The van der Waals surface area contributed by atoms with Gasteiger partial charge in [0.25, 0.3) is 5.56 Å². The third-order valence-corrected chi connectivity index (χ3v) is 3.01. The number of aromatic amines is 1. The summed E-state index contributed by atoms with van der Waals surface area (Å²) >= 11 is 7.39. The number of H-pyrrole nitrogens is 1. The maximum atomic E-state index is 11.4. The highest BCUT2D eigenvalue weighted by molar-refractivity contribution is 14.1. The Morgan fingerprint density at radius 2 is 2.19 bits per heavy atom. The number of halogens is 2. The monoisotopic (exact) mass is 349 g/mol. The lowest BCUT2D eigenvalue weighted by molar-refractivity contribution is 0.447. The van der Waals surface area contributed by atoms with E-state index in [1.165, 1.54) is 6.20 Å². The van der Waals surface area contributed by atoms with Gasteiger partial charge < -0.3 is 10.1 Å². The van der Waals surface area contributed by atoms with Gasteiger partial charge in [0, 0.05) is 6.20 Å². The van der Waals surface area contributed by atoms with Crippen molar-refractivity contribution >= 4 is 34.2 Å². The number of hydrogen-bond donors (Lipinski definition) is 2. The molecule has 0 saturated heterocycles. The number of aromatic hydroxyl groups is 1. The van der Waals surface area contributed by atoms with Crippen molar-refractivity contribution in [2.75, 3.05) is 0 Å². The Morgan fingerprint density at radius 1 is 1.44 bits per heavy atom. The Kier molecular flexibility index (Phi) is 3.10. The normalized spacial score (nSPS) is 10.4. The van der Waals surface area contributed by atoms with E-state index in [4.69, 9.17) is 11.6 Å². The molecular weight excluding hydrogens is 344 g/mol. The highest BCUT2D eigenvalue weighted by Crippen LogP contribution is 2.17. The van der Waals surface area contributed by atoms with Crippen molar-refractivity contribution < 1.29 is 5.11 Å². The minimum absolute atomic E-state index is 0.148. The second-order valence-electron chi connectivity index (χ2n) is 2.91. The molecule has 82 valence electrons. The van der Waals surface area contributed by atoms with Crippen LogP contribution in [0.4, 0.5) is 0 Å². The summed E-state index contributed by atoms with van der Waals surface area (Å²) in [6, 6.07) is 3.23. The molecule has 2 N–H and O–H groups in total. The van der Waals surface area contributed by atoms with E-state index >= 15 is 0 Å². The molecule has 2 aromatic rings. The van der Waals surface area contributed by atoms with E-state index in [9.17, 15) is 9.90 Å². The molecule has 0 aromatic carbocycles. The van der Waals surface area contributed by atoms with Gasteiger partial charge in [-0.1, -0.05) is 11.6 Å². The molecule has 2 aromatic heterocycles. The van der Waals surface area contributed by atoms with Gasteiger partial charge in [0.15, 0.2) is 5.82 Å². The number of pyridine rings is 1. The van der Waals surface area contributed by atoms with Crippen LogP contribution in [-0.4, -0.2) is 20.1 Å². The van der Waals surface area contributed by atoms with Gasteiger partial charge in [-0.3, -0.25) is 9.78 Å². The van der Waals surface area contributed by atoms with Crippen molar-refractivity contribution in [1.29, 1.82) is 0 Å². The Morgan fingerprint density at radius 3 is 2.75 bits per heavy atom. The lowest BCUT2D eigenvalue weighted by atomic mass is 10.3. The van der Waals surface area contributed by atoms with Gasteiger partial charge in [-0.2, -0.15) is 4.98 Å². The second-order valence-corrected chi connectivity index (χ2v) is 4.43. The molecule has 0 atom stereocenters. The van der Waals surface area contributed by atoms with Crippen molar-refractivity contribution in [2.45, 2.75) is 0 Å². The van der Waals surface area contributed by atoms with E-state index < -0.39 is 5.56 Å². The maximum Gasteiger partial charge on any atom is 0.268 e. The zero-order valence-electron chi connectivity index (χ0n) is 7.74. The van der Waals surface area contributed by atoms with Crippen LogP contribution in [0.5, 0.6) is 5.88 Å². The molecule has 0 aliphatic heterocycles. The van der Waals surface area contributed by atoms with E-state index in [1.807, 2.05) is 0 Å². The van der Waals surface area contributed by atoms with E-state index in [2.05, 4.69) is 15.0 Å². The van der Waals surface area contributed by atoms with E-state index in [-0.39, 0.29) is 15.3 Å². The van der Waals surface area contributed by atoms with Crippen molar-refractivity contribution in [3.8, 4) is 17.4 Å². The topological polar surface area (TPSA) is 78.9 Å². The summed E-state index contributed by atoms with van der Waals surface area (Å²) in [6.07, 6.45) is 1.44. The Balaban J connectivity index is 2.57. The smallest absolute Gasteiger partial charge is 0.268 e. The highest BCUT2D eigenvalue weighted by Gasteiger charge is 2.09. The Labute approximate surface area is 109 Å². The van der Waals surface area contributed by atoms with Crippen LogP contribution in [0.1, 0.15) is 0 Å². The van der Waals surface area contributed by atoms with Gasteiger partial charge in [-0.05, 0) is 34.7 Å². The predicted molar refractivity (Wildman–Crippen MR) is 67.5 cm³/mol. The maximum absolute atomic E-state index is 11.4. The van der Waals surface area contributed by atoms with Crippen LogP contribution in [-0.2, 0) is 0 Å². The molecular formula is C9H5ClIN3O2. The molecule has 0 saturated carbocycles.